The first-order valence-corrected chi connectivity index (χ1v) is 7.94. The molecule has 0 aliphatic carbocycles. The van der Waals surface area contributed by atoms with Crippen LogP contribution >= 0.6 is 27.5 Å². The van der Waals surface area contributed by atoms with E-state index in [9.17, 15) is 0 Å². The lowest BCUT2D eigenvalue weighted by atomic mass is 9.92. The van der Waals surface area contributed by atoms with Crippen LogP contribution in [0.2, 0.25) is 5.02 Å². The molecule has 0 amide bonds. The zero-order valence-electron chi connectivity index (χ0n) is 12.5. The standard InChI is InChI=1S/C15H18BrClN4/c1-5-18-14-11(16)12(15(2,3)4)20-13(21-14)10-7-6-9(17)8-19-10/h6-8H,5H2,1-4H3,(H,18,20,21). The molecule has 112 valence electrons. The molecule has 0 unspecified atom stereocenters. The molecular formula is C15H18BrClN4. The van der Waals surface area contributed by atoms with E-state index in [1.807, 2.05) is 13.0 Å². The lowest BCUT2D eigenvalue weighted by Crippen LogP contribution is -2.17. The van der Waals surface area contributed by atoms with Crippen LogP contribution in [0.15, 0.2) is 22.8 Å². The van der Waals surface area contributed by atoms with Gasteiger partial charge in [-0.1, -0.05) is 32.4 Å². The summed E-state index contributed by atoms with van der Waals surface area (Å²) in [7, 11) is 0. The van der Waals surface area contributed by atoms with Crippen LogP contribution in [0.5, 0.6) is 0 Å². The highest BCUT2D eigenvalue weighted by atomic mass is 79.9. The monoisotopic (exact) mass is 368 g/mol. The smallest absolute Gasteiger partial charge is 0.180 e. The molecule has 0 aromatic carbocycles. The summed E-state index contributed by atoms with van der Waals surface area (Å²) < 4.78 is 0.898. The Hall–Kier alpha value is -1.20. The zero-order chi connectivity index (χ0) is 15.6. The van der Waals surface area contributed by atoms with Crippen molar-refractivity contribution in [2.24, 2.45) is 0 Å². The Bertz CT molecular complexity index is 635. The second-order valence-electron chi connectivity index (χ2n) is 5.70. The van der Waals surface area contributed by atoms with Crippen LogP contribution in [0.25, 0.3) is 11.5 Å². The van der Waals surface area contributed by atoms with E-state index < -0.39 is 0 Å². The Morgan fingerprint density at radius 3 is 2.48 bits per heavy atom. The predicted octanol–water partition coefficient (Wildman–Crippen LogP) is 4.68. The number of hydrogen-bond donors (Lipinski definition) is 1. The first-order chi connectivity index (χ1) is 9.82. The number of aromatic nitrogens is 3. The average Bonchev–Trinajstić information content (AvgIpc) is 2.41. The van der Waals surface area contributed by atoms with Crippen LogP contribution < -0.4 is 5.32 Å². The topological polar surface area (TPSA) is 50.7 Å². The van der Waals surface area contributed by atoms with Gasteiger partial charge in [0, 0.05) is 18.2 Å². The van der Waals surface area contributed by atoms with Gasteiger partial charge in [0.1, 0.15) is 11.5 Å². The van der Waals surface area contributed by atoms with E-state index in [4.69, 9.17) is 11.6 Å². The van der Waals surface area contributed by atoms with Gasteiger partial charge < -0.3 is 5.32 Å². The van der Waals surface area contributed by atoms with Crippen molar-refractivity contribution in [3.8, 4) is 11.5 Å². The molecule has 6 heteroatoms. The molecule has 1 N–H and O–H groups in total. The molecule has 0 saturated heterocycles. The second kappa shape index (κ2) is 6.28. The van der Waals surface area contributed by atoms with Crippen molar-refractivity contribution in [1.82, 2.24) is 15.0 Å². The maximum Gasteiger partial charge on any atom is 0.180 e. The van der Waals surface area contributed by atoms with Gasteiger partial charge >= 0.3 is 0 Å². The molecule has 2 aromatic heterocycles. The van der Waals surface area contributed by atoms with E-state index in [1.54, 1.807) is 12.3 Å². The Kier molecular flexibility index (Phi) is 4.84. The van der Waals surface area contributed by atoms with Gasteiger partial charge in [-0.15, -0.1) is 0 Å². The second-order valence-corrected chi connectivity index (χ2v) is 6.93. The molecular weight excluding hydrogens is 352 g/mol. The van der Waals surface area contributed by atoms with Crippen LogP contribution in [0.3, 0.4) is 0 Å². The molecule has 0 aliphatic rings. The van der Waals surface area contributed by atoms with E-state index in [0.717, 1.165) is 22.5 Å². The number of halogens is 2. The van der Waals surface area contributed by atoms with Crippen molar-refractivity contribution >= 4 is 33.3 Å². The van der Waals surface area contributed by atoms with Gasteiger partial charge in [-0.25, -0.2) is 9.97 Å². The number of hydrogen-bond acceptors (Lipinski definition) is 4. The van der Waals surface area contributed by atoms with Gasteiger partial charge in [0.05, 0.1) is 15.2 Å². The van der Waals surface area contributed by atoms with Crippen molar-refractivity contribution in [3.05, 3.63) is 33.5 Å². The van der Waals surface area contributed by atoms with Crippen molar-refractivity contribution in [1.29, 1.82) is 0 Å². The molecule has 2 aromatic rings. The summed E-state index contributed by atoms with van der Waals surface area (Å²) in [6.45, 7) is 9.18. The fraction of sp³-hybridized carbons (Fsp3) is 0.400. The molecule has 21 heavy (non-hydrogen) atoms. The van der Waals surface area contributed by atoms with Crippen LogP contribution in [-0.2, 0) is 5.41 Å². The van der Waals surface area contributed by atoms with E-state index >= 15 is 0 Å². The first-order valence-electron chi connectivity index (χ1n) is 6.76. The van der Waals surface area contributed by atoms with Crippen molar-refractivity contribution < 1.29 is 0 Å². The normalized spacial score (nSPS) is 11.5. The minimum Gasteiger partial charge on any atom is -0.369 e. The third kappa shape index (κ3) is 3.71. The van der Waals surface area contributed by atoms with Crippen LogP contribution in [0, 0.1) is 0 Å². The summed E-state index contributed by atoms with van der Waals surface area (Å²) in [5.74, 6) is 1.37. The van der Waals surface area contributed by atoms with Crippen LogP contribution in [0.1, 0.15) is 33.4 Å². The maximum atomic E-state index is 5.89. The number of rotatable bonds is 3. The van der Waals surface area contributed by atoms with Gasteiger partial charge in [0.2, 0.25) is 0 Å². The zero-order valence-corrected chi connectivity index (χ0v) is 14.9. The summed E-state index contributed by atoms with van der Waals surface area (Å²) in [5, 5.41) is 3.85. The molecule has 0 radical (unpaired) electrons. The highest BCUT2D eigenvalue weighted by molar-refractivity contribution is 9.10. The average molecular weight is 370 g/mol. The van der Waals surface area contributed by atoms with E-state index in [-0.39, 0.29) is 5.41 Å². The van der Waals surface area contributed by atoms with Gasteiger partial charge in [-0.3, -0.25) is 4.98 Å². The lowest BCUT2D eigenvalue weighted by Gasteiger charge is -2.21. The molecule has 4 nitrogen and oxygen atoms in total. The Labute approximate surface area is 138 Å². The van der Waals surface area contributed by atoms with Gasteiger partial charge in [-0.05, 0) is 35.0 Å². The molecule has 0 fully saturated rings. The van der Waals surface area contributed by atoms with E-state index in [2.05, 4.69) is 57.0 Å². The van der Waals surface area contributed by atoms with Gasteiger partial charge in [-0.2, -0.15) is 0 Å². The third-order valence-electron chi connectivity index (χ3n) is 2.86. The minimum atomic E-state index is -0.104. The molecule has 0 saturated carbocycles. The summed E-state index contributed by atoms with van der Waals surface area (Å²) in [6.07, 6.45) is 1.60. The summed E-state index contributed by atoms with van der Waals surface area (Å²) in [5.41, 5.74) is 1.55. The number of anilines is 1. The number of nitrogens with one attached hydrogen (secondary N) is 1. The number of nitrogens with zero attached hydrogens (tertiary/aromatic N) is 3. The molecule has 2 rings (SSSR count). The summed E-state index contributed by atoms with van der Waals surface area (Å²) >= 11 is 9.49. The fourth-order valence-corrected chi connectivity index (χ4v) is 2.88. The Morgan fingerprint density at radius 1 is 1.24 bits per heavy atom. The third-order valence-corrected chi connectivity index (χ3v) is 3.84. The summed E-state index contributed by atoms with van der Waals surface area (Å²) in [4.78, 5) is 13.5. The van der Waals surface area contributed by atoms with Crippen LogP contribution in [0.4, 0.5) is 5.82 Å². The SMILES string of the molecule is CCNc1nc(-c2ccc(Cl)cn2)nc(C(C)(C)C)c1Br. The van der Waals surface area contributed by atoms with Crippen molar-refractivity contribution in [2.45, 2.75) is 33.1 Å². The van der Waals surface area contributed by atoms with E-state index in [1.165, 1.54) is 0 Å². The van der Waals surface area contributed by atoms with E-state index in [0.29, 0.717) is 16.5 Å². The first kappa shape index (κ1) is 16.2. The van der Waals surface area contributed by atoms with Crippen LogP contribution in [-0.4, -0.2) is 21.5 Å². The molecule has 2 heterocycles. The quantitative estimate of drug-likeness (QED) is 0.853. The van der Waals surface area contributed by atoms with Crippen molar-refractivity contribution in [2.75, 3.05) is 11.9 Å². The van der Waals surface area contributed by atoms with Gasteiger partial charge in [0.15, 0.2) is 5.82 Å². The molecule has 0 aliphatic heterocycles. The largest absolute Gasteiger partial charge is 0.369 e. The lowest BCUT2D eigenvalue weighted by molar-refractivity contribution is 0.564. The fourth-order valence-electron chi connectivity index (χ4n) is 1.85. The molecule has 0 bridgehead atoms. The Balaban J connectivity index is 2.61. The Morgan fingerprint density at radius 2 is 1.95 bits per heavy atom. The van der Waals surface area contributed by atoms with Crippen molar-refractivity contribution in [3.63, 3.8) is 0 Å². The predicted molar refractivity (Wildman–Crippen MR) is 90.8 cm³/mol. The summed E-state index contributed by atoms with van der Waals surface area (Å²) in [6, 6.07) is 3.62. The van der Waals surface area contributed by atoms with Gasteiger partial charge in [0.25, 0.3) is 0 Å². The molecule has 0 spiro atoms. The maximum absolute atomic E-state index is 5.89. The minimum absolute atomic E-state index is 0.104. The number of pyridine rings is 1. The highest BCUT2D eigenvalue weighted by Crippen LogP contribution is 2.34. The highest BCUT2D eigenvalue weighted by Gasteiger charge is 2.23. The molecule has 0 atom stereocenters.